The first-order valence-electron chi connectivity index (χ1n) is 5.24. The van der Waals surface area contributed by atoms with Crippen molar-refractivity contribution < 1.29 is 0 Å². The summed E-state index contributed by atoms with van der Waals surface area (Å²) in [6.45, 7) is 4.42. The van der Waals surface area contributed by atoms with Crippen LogP contribution in [0.5, 0.6) is 0 Å². The Kier molecular flexibility index (Phi) is 2.57. The number of anilines is 2. The number of nitrogens with two attached hydrogens (primary N) is 1. The lowest BCUT2D eigenvalue weighted by Gasteiger charge is -2.29. The van der Waals surface area contributed by atoms with E-state index in [4.69, 9.17) is 5.73 Å². The quantitative estimate of drug-likeness (QED) is 0.738. The van der Waals surface area contributed by atoms with Crippen LogP contribution in [-0.4, -0.2) is 18.1 Å². The highest BCUT2D eigenvalue weighted by atomic mass is 15.1. The first kappa shape index (κ1) is 9.31. The molecule has 2 heterocycles. The molecule has 0 aliphatic carbocycles. The first-order valence-corrected chi connectivity index (χ1v) is 5.24. The number of hydrogen-bond donors (Lipinski definition) is 1. The lowest BCUT2D eigenvalue weighted by molar-refractivity contribution is 0.576. The van der Waals surface area contributed by atoms with Crippen LogP contribution in [0.1, 0.15) is 24.8 Å². The Morgan fingerprint density at radius 2 is 2.00 bits per heavy atom. The Labute approximate surface area is 84.9 Å². The minimum atomic E-state index is 0.614. The average Bonchev–Trinajstić information content (AvgIpc) is 2.19. The molecule has 0 atom stereocenters. The smallest absolute Gasteiger partial charge is 0.123 e. The SMILES string of the molecule is Cc1cc(N)ncc1N1CCCCC1. The van der Waals surface area contributed by atoms with Crippen molar-refractivity contribution in [2.75, 3.05) is 23.7 Å². The van der Waals surface area contributed by atoms with E-state index in [9.17, 15) is 0 Å². The topological polar surface area (TPSA) is 42.1 Å². The van der Waals surface area contributed by atoms with Gasteiger partial charge in [-0.05, 0) is 37.8 Å². The number of pyridine rings is 1. The van der Waals surface area contributed by atoms with Crippen molar-refractivity contribution in [2.24, 2.45) is 0 Å². The van der Waals surface area contributed by atoms with Gasteiger partial charge in [-0.1, -0.05) is 0 Å². The third-order valence-corrected chi connectivity index (χ3v) is 2.80. The van der Waals surface area contributed by atoms with Gasteiger partial charge in [-0.2, -0.15) is 0 Å². The molecule has 0 spiro atoms. The molecular formula is C11H17N3. The summed E-state index contributed by atoms with van der Waals surface area (Å²) in [7, 11) is 0. The van der Waals surface area contributed by atoms with Crippen molar-refractivity contribution in [1.82, 2.24) is 4.98 Å². The van der Waals surface area contributed by atoms with Crippen LogP contribution >= 0.6 is 0 Å². The minimum Gasteiger partial charge on any atom is -0.384 e. The lowest BCUT2D eigenvalue weighted by Crippen LogP contribution is -2.30. The molecule has 2 rings (SSSR count). The normalized spacial score (nSPS) is 17.1. The predicted octanol–water partition coefficient (Wildman–Crippen LogP) is 1.96. The molecule has 14 heavy (non-hydrogen) atoms. The number of nitrogen functional groups attached to an aromatic ring is 1. The van der Waals surface area contributed by atoms with Crippen LogP contribution in [0.15, 0.2) is 12.3 Å². The van der Waals surface area contributed by atoms with Crippen molar-refractivity contribution >= 4 is 11.5 Å². The summed E-state index contributed by atoms with van der Waals surface area (Å²) in [4.78, 5) is 6.56. The van der Waals surface area contributed by atoms with Crippen LogP contribution < -0.4 is 10.6 Å². The van der Waals surface area contributed by atoms with Gasteiger partial charge in [-0.25, -0.2) is 4.98 Å². The maximum atomic E-state index is 5.63. The fourth-order valence-corrected chi connectivity index (χ4v) is 2.04. The van der Waals surface area contributed by atoms with Crippen molar-refractivity contribution in [3.63, 3.8) is 0 Å². The molecule has 0 unspecified atom stereocenters. The van der Waals surface area contributed by atoms with Crippen LogP contribution in [0.2, 0.25) is 0 Å². The summed E-state index contributed by atoms with van der Waals surface area (Å²) in [5, 5.41) is 0. The van der Waals surface area contributed by atoms with Crippen LogP contribution in [0.3, 0.4) is 0 Å². The second-order valence-corrected chi connectivity index (χ2v) is 3.94. The van der Waals surface area contributed by atoms with Gasteiger partial charge in [-0.15, -0.1) is 0 Å². The fraction of sp³-hybridized carbons (Fsp3) is 0.545. The van der Waals surface area contributed by atoms with E-state index in [1.807, 2.05) is 12.3 Å². The summed E-state index contributed by atoms with van der Waals surface area (Å²) < 4.78 is 0. The summed E-state index contributed by atoms with van der Waals surface area (Å²) in [6.07, 6.45) is 5.85. The van der Waals surface area contributed by atoms with E-state index in [1.165, 1.54) is 30.5 Å². The molecule has 1 aliphatic rings. The molecular weight excluding hydrogens is 174 g/mol. The predicted molar refractivity (Wildman–Crippen MR) is 59.5 cm³/mol. The molecule has 76 valence electrons. The zero-order chi connectivity index (χ0) is 9.97. The lowest BCUT2D eigenvalue weighted by atomic mass is 10.1. The molecule has 2 N–H and O–H groups in total. The number of piperidine rings is 1. The zero-order valence-electron chi connectivity index (χ0n) is 8.66. The van der Waals surface area contributed by atoms with Gasteiger partial charge in [0.25, 0.3) is 0 Å². The number of rotatable bonds is 1. The van der Waals surface area contributed by atoms with E-state index in [0.29, 0.717) is 5.82 Å². The highest BCUT2D eigenvalue weighted by molar-refractivity contribution is 5.55. The van der Waals surface area contributed by atoms with Crippen LogP contribution in [0, 0.1) is 6.92 Å². The van der Waals surface area contributed by atoms with Gasteiger partial charge in [0.15, 0.2) is 0 Å². The second kappa shape index (κ2) is 3.86. The molecule has 1 fully saturated rings. The van der Waals surface area contributed by atoms with Gasteiger partial charge in [-0.3, -0.25) is 0 Å². The largest absolute Gasteiger partial charge is 0.384 e. The number of aryl methyl sites for hydroxylation is 1. The monoisotopic (exact) mass is 191 g/mol. The van der Waals surface area contributed by atoms with Gasteiger partial charge in [0.2, 0.25) is 0 Å². The van der Waals surface area contributed by atoms with Gasteiger partial charge < -0.3 is 10.6 Å². The maximum Gasteiger partial charge on any atom is 0.123 e. The Morgan fingerprint density at radius 1 is 1.29 bits per heavy atom. The van der Waals surface area contributed by atoms with Crippen molar-refractivity contribution in [1.29, 1.82) is 0 Å². The Balaban J connectivity index is 2.22. The Morgan fingerprint density at radius 3 is 2.64 bits per heavy atom. The molecule has 0 saturated carbocycles. The summed E-state index contributed by atoms with van der Waals surface area (Å²) in [5.74, 6) is 0.614. The molecule has 3 heteroatoms. The van der Waals surface area contributed by atoms with Gasteiger partial charge in [0.05, 0.1) is 11.9 Å². The first-order chi connectivity index (χ1) is 6.77. The summed E-state index contributed by atoms with van der Waals surface area (Å²) in [6, 6.07) is 1.95. The van der Waals surface area contributed by atoms with E-state index in [0.717, 1.165) is 13.1 Å². The van der Waals surface area contributed by atoms with Crippen molar-refractivity contribution in [3.8, 4) is 0 Å². The second-order valence-electron chi connectivity index (χ2n) is 3.94. The van der Waals surface area contributed by atoms with E-state index in [2.05, 4.69) is 16.8 Å². The minimum absolute atomic E-state index is 0.614. The molecule has 1 aliphatic heterocycles. The van der Waals surface area contributed by atoms with Crippen LogP contribution in [0.4, 0.5) is 11.5 Å². The molecule has 1 aromatic heterocycles. The van der Waals surface area contributed by atoms with E-state index >= 15 is 0 Å². The summed E-state index contributed by atoms with van der Waals surface area (Å²) >= 11 is 0. The zero-order valence-corrected chi connectivity index (χ0v) is 8.66. The third kappa shape index (κ3) is 1.81. The van der Waals surface area contributed by atoms with Gasteiger partial charge >= 0.3 is 0 Å². The van der Waals surface area contributed by atoms with E-state index in [1.54, 1.807) is 0 Å². The van der Waals surface area contributed by atoms with Crippen molar-refractivity contribution in [3.05, 3.63) is 17.8 Å². The van der Waals surface area contributed by atoms with E-state index in [-0.39, 0.29) is 0 Å². The number of hydrogen-bond acceptors (Lipinski definition) is 3. The highest BCUT2D eigenvalue weighted by Crippen LogP contribution is 2.23. The Hall–Kier alpha value is -1.25. The number of aromatic nitrogens is 1. The van der Waals surface area contributed by atoms with E-state index < -0.39 is 0 Å². The summed E-state index contributed by atoms with van der Waals surface area (Å²) in [5.41, 5.74) is 8.11. The maximum absolute atomic E-state index is 5.63. The molecule has 0 radical (unpaired) electrons. The molecule has 1 aromatic rings. The third-order valence-electron chi connectivity index (χ3n) is 2.80. The Bertz CT molecular complexity index is 316. The van der Waals surface area contributed by atoms with Gasteiger partial charge in [0.1, 0.15) is 5.82 Å². The van der Waals surface area contributed by atoms with Crippen LogP contribution in [0.25, 0.3) is 0 Å². The van der Waals surface area contributed by atoms with Gasteiger partial charge in [0, 0.05) is 13.1 Å². The molecule has 1 saturated heterocycles. The molecule has 0 amide bonds. The highest BCUT2D eigenvalue weighted by Gasteiger charge is 2.12. The molecule has 0 bridgehead atoms. The molecule has 0 aromatic carbocycles. The number of nitrogens with zero attached hydrogens (tertiary/aromatic N) is 2. The average molecular weight is 191 g/mol. The van der Waals surface area contributed by atoms with Crippen LogP contribution in [-0.2, 0) is 0 Å². The van der Waals surface area contributed by atoms with Crippen molar-refractivity contribution in [2.45, 2.75) is 26.2 Å². The molecule has 3 nitrogen and oxygen atoms in total. The fourth-order valence-electron chi connectivity index (χ4n) is 2.04. The standard InChI is InChI=1S/C11H17N3/c1-9-7-11(12)13-8-10(9)14-5-3-2-4-6-14/h7-8H,2-6H2,1H3,(H2,12,13).